The van der Waals surface area contributed by atoms with E-state index in [-0.39, 0.29) is 18.8 Å². The van der Waals surface area contributed by atoms with Gasteiger partial charge in [0.2, 0.25) is 5.72 Å². The normalized spacial score (nSPS) is 29.6. The first-order valence-electron chi connectivity index (χ1n) is 6.00. The van der Waals surface area contributed by atoms with Gasteiger partial charge in [-0.15, -0.1) is 6.42 Å². The summed E-state index contributed by atoms with van der Waals surface area (Å²) in [5.41, 5.74) is 5.30. The van der Waals surface area contributed by atoms with Gasteiger partial charge in [-0.1, -0.05) is 0 Å². The molecule has 104 valence electrons. The van der Waals surface area contributed by atoms with Crippen LogP contribution in [0.5, 0.6) is 0 Å². The molecule has 1 aliphatic heterocycles. The molecule has 1 fully saturated rings. The fraction of sp³-hybridized carbons (Fsp3) is 0.417. The van der Waals surface area contributed by atoms with Gasteiger partial charge in [-0.2, -0.15) is 0 Å². The highest BCUT2D eigenvalue weighted by molar-refractivity contribution is 5.81. The Balaban J connectivity index is 2.14. The molecule has 0 unspecified atom stereocenters. The molecule has 0 bridgehead atoms. The van der Waals surface area contributed by atoms with E-state index in [0.29, 0.717) is 11.2 Å². The molecule has 2 aromatic rings. The second-order valence-corrected chi connectivity index (χ2v) is 4.58. The van der Waals surface area contributed by atoms with Crippen molar-refractivity contribution in [2.24, 2.45) is 0 Å². The Hall–Kier alpha value is -2.21. The number of imidazole rings is 1. The average Bonchev–Trinajstić information content (AvgIpc) is 3.01. The number of anilines is 1. The third-order valence-corrected chi connectivity index (χ3v) is 3.42. The molecule has 0 spiro atoms. The van der Waals surface area contributed by atoms with Gasteiger partial charge in [0.15, 0.2) is 11.5 Å². The fourth-order valence-corrected chi connectivity index (χ4v) is 2.39. The van der Waals surface area contributed by atoms with Gasteiger partial charge < -0.3 is 20.7 Å². The second-order valence-electron chi connectivity index (χ2n) is 4.58. The van der Waals surface area contributed by atoms with E-state index in [1.807, 2.05) is 0 Å². The zero-order chi connectivity index (χ0) is 14.3. The van der Waals surface area contributed by atoms with Crippen molar-refractivity contribution in [2.75, 3.05) is 12.3 Å². The molecule has 8 heteroatoms. The Morgan fingerprint density at radius 1 is 1.55 bits per heavy atom. The molecular weight excluding hydrogens is 262 g/mol. The van der Waals surface area contributed by atoms with Crippen LogP contribution < -0.4 is 5.73 Å². The van der Waals surface area contributed by atoms with Crippen molar-refractivity contribution in [1.82, 2.24) is 19.5 Å². The van der Waals surface area contributed by atoms with Crippen molar-refractivity contribution < 1.29 is 14.9 Å². The van der Waals surface area contributed by atoms with Crippen LogP contribution in [-0.4, -0.2) is 48.5 Å². The number of hydrogen-bond acceptors (Lipinski definition) is 7. The summed E-state index contributed by atoms with van der Waals surface area (Å²) in [6.07, 6.45) is 6.84. The van der Waals surface area contributed by atoms with Crippen molar-refractivity contribution in [3.63, 3.8) is 0 Å². The molecular formula is C12H13N5O3. The molecule has 4 N–H and O–H groups in total. The minimum atomic E-state index is -1.25. The first-order chi connectivity index (χ1) is 9.61. The number of nitrogens with two attached hydrogens (primary N) is 1. The summed E-state index contributed by atoms with van der Waals surface area (Å²) in [5, 5.41) is 19.1. The van der Waals surface area contributed by atoms with Crippen LogP contribution in [0.15, 0.2) is 12.7 Å². The molecule has 0 aliphatic carbocycles. The Morgan fingerprint density at radius 2 is 2.35 bits per heavy atom. The molecule has 0 radical (unpaired) electrons. The number of aliphatic hydroxyl groups is 2. The number of ether oxygens (including phenoxy) is 1. The molecule has 0 saturated carbocycles. The second kappa shape index (κ2) is 4.42. The van der Waals surface area contributed by atoms with Crippen LogP contribution in [0.3, 0.4) is 0 Å². The van der Waals surface area contributed by atoms with Crippen molar-refractivity contribution >= 4 is 17.0 Å². The van der Waals surface area contributed by atoms with Crippen molar-refractivity contribution in [3.8, 4) is 12.3 Å². The zero-order valence-electron chi connectivity index (χ0n) is 10.5. The molecule has 0 amide bonds. The average molecular weight is 275 g/mol. The molecule has 20 heavy (non-hydrogen) atoms. The third-order valence-electron chi connectivity index (χ3n) is 3.42. The van der Waals surface area contributed by atoms with Crippen molar-refractivity contribution in [3.05, 3.63) is 12.7 Å². The van der Waals surface area contributed by atoms with Crippen LogP contribution in [0.4, 0.5) is 5.82 Å². The lowest BCUT2D eigenvalue weighted by molar-refractivity contribution is -0.0798. The molecule has 3 heterocycles. The highest BCUT2D eigenvalue weighted by Gasteiger charge is 2.47. The summed E-state index contributed by atoms with van der Waals surface area (Å²) >= 11 is 0. The van der Waals surface area contributed by atoms with E-state index in [4.69, 9.17) is 16.9 Å². The molecule has 3 rings (SSSR count). The van der Waals surface area contributed by atoms with Crippen LogP contribution in [0.2, 0.25) is 0 Å². The van der Waals surface area contributed by atoms with E-state index >= 15 is 0 Å². The SMILES string of the molecule is C#C[C@]1(n2cnc3c(N)ncnc32)C[C@H](O)[C@@H](CO)O1. The van der Waals surface area contributed by atoms with Gasteiger partial charge in [-0.3, -0.25) is 4.57 Å². The molecule has 3 atom stereocenters. The van der Waals surface area contributed by atoms with E-state index in [2.05, 4.69) is 20.9 Å². The lowest BCUT2D eigenvalue weighted by Gasteiger charge is -2.24. The predicted octanol–water partition coefficient (Wildman–Crippen LogP) is -1.16. The number of terminal acetylenes is 1. The Kier molecular flexibility index (Phi) is 2.83. The summed E-state index contributed by atoms with van der Waals surface area (Å²) in [4.78, 5) is 12.1. The van der Waals surface area contributed by atoms with Gasteiger partial charge in [-0.05, 0) is 5.92 Å². The Bertz CT molecular complexity index is 694. The quantitative estimate of drug-likeness (QED) is 0.591. The smallest absolute Gasteiger partial charge is 0.213 e. The van der Waals surface area contributed by atoms with E-state index in [1.54, 1.807) is 0 Å². The van der Waals surface area contributed by atoms with Crippen LogP contribution >= 0.6 is 0 Å². The Labute approximate surface area is 114 Å². The lowest BCUT2D eigenvalue weighted by Crippen LogP contribution is -2.32. The minimum Gasteiger partial charge on any atom is -0.394 e. The van der Waals surface area contributed by atoms with Gasteiger partial charge in [-0.25, -0.2) is 15.0 Å². The van der Waals surface area contributed by atoms with Crippen LogP contribution in [0.1, 0.15) is 6.42 Å². The number of aromatic nitrogens is 4. The Morgan fingerprint density at radius 3 is 3.00 bits per heavy atom. The van der Waals surface area contributed by atoms with Crippen molar-refractivity contribution in [1.29, 1.82) is 0 Å². The van der Waals surface area contributed by atoms with Gasteiger partial charge in [0.25, 0.3) is 0 Å². The maximum Gasteiger partial charge on any atom is 0.213 e. The first kappa shape index (κ1) is 12.8. The van der Waals surface area contributed by atoms with Crippen LogP contribution in [0.25, 0.3) is 11.2 Å². The van der Waals surface area contributed by atoms with Gasteiger partial charge in [0, 0.05) is 6.42 Å². The molecule has 1 aliphatic rings. The summed E-state index contributed by atoms with van der Waals surface area (Å²) in [5.74, 6) is 2.75. The summed E-state index contributed by atoms with van der Waals surface area (Å²) in [6, 6.07) is 0. The van der Waals surface area contributed by atoms with Crippen LogP contribution in [-0.2, 0) is 10.5 Å². The number of fused-ring (bicyclic) bond motifs is 1. The van der Waals surface area contributed by atoms with E-state index in [1.165, 1.54) is 17.2 Å². The third kappa shape index (κ3) is 1.65. The minimum absolute atomic E-state index is 0.129. The largest absolute Gasteiger partial charge is 0.394 e. The van der Waals surface area contributed by atoms with E-state index in [9.17, 15) is 10.2 Å². The monoisotopic (exact) mass is 275 g/mol. The summed E-state index contributed by atoms with van der Waals surface area (Å²) < 4.78 is 7.16. The van der Waals surface area contributed by atoms with E-state index in [0.717, 1.165) is 0 Å². The summed E-state index contributed by atoms with van der Waals surface area (Å²) in [6.45, 7) is -0.325. The number of nitrogens with zero attached hydrogens (tertiary/aromatic N) is 4. The number of aliphatic hydroxyl groups excluding tert-OH is 2. The summed E-state index contributed by atoms with van der Waals surface area (Å²) in [7, 11) is 0. The van der Waals surface area contributed by atoms with Crippen molar-refractivity contribution in [2.45, 2.75) is 24.4 Å². The predicted molar refractivity (Wildman–Crippen MR) is 69.1 cm³/mol. The van der Waals surface area contributed by atoms with Gasteiger partial charge >= 0.3 is 0 Å². The zero-order valence-corrected chi connectivity index (χ0v) is 10.5. The number of rotatable bonds is 2. The highest BCUT2D eigenvalue weighted by Crippen LogP contribution is 2.36. The van der Waals surface area contributed by atoms with Gasteiger partial charge in [0.05, 0.1) is 12.7 Å². The molecule has 2 aromatic heterocycles. The maximum atomic E-state index is 9.91. The fourth-order valence-electron chi connectivity index (χ4n) is 2.39. The number of hydrogen-bond donors (Lipinski definition) is 3. The van der Waals surface area contributed by atoms with Crippen LogP contribution in [0, 0.1) is 12.3 Å². The maximum absolute atomic E-state index is 9.91. The molecule has 0 aromatic carbocycles. The van der Waals surface area contributed by atoms with E-state index < -0.39 is 17.9 Å². The van der Waals surface area contributed by atoms with Gasteiger partial charge in [0.1, 0.15) is 24.3 Å². The first-order valence-corrected chi connectivity index (χ1v) is 6.00. The highest BCUT2D eigenvalue weighted by atomic mass is 16.6. The number of nitrogen functional groups attached to an aromatic ring is 1. The standard InChI is InChI=1S/C12H13N5O3/c1-2-12(3-7(19)8(4-18)20-12)17-6-16-9-10(13)14-5-15-11(9)17/h1,5-8,18-19H,3-4H2,(H2,13,14,15)/t7-,8+,12+/m0/s1. The molecule has 1 saturated heterocycles. The topological polar surface area (TPSA) is 119 Å². The molecule has 8 nitrogen and oxygen atoms in total. The lowest BCUT2D eigenvalue weighted by atomic mass is 10.1.